The van der Waals surface area contributed by atoms with Crippen LogP contribution >= 0.6 is 23.2 Å². The van der Waals surface area contributed by atoms with Crippen LogP contribution in [0.4, 0.5) is 0 Å². The number of hydrogen-bond acceptors (Lipinski definition) is 4. The molecule has 0 saturated carbocycles. The van der Waals surface area contributed by atoms with E-state index in [2.05, 4.69) is 18.7 Å². The van der Waals surface area contributed by atoms with Crippen molar-refractivity contribution in [2.45, 2.75) is 69.3 Å². The van der Waals surface area contributed by atoms with Crippen molar-refractivity contribution in [3.05, 3.63) is 69.7 Å². The quantitative estimate of drug-likeness (QED) is 0.632. The normalized spacial score (nSPS) is 29.6. The summed E-state index contributed by atoms with van der Waals surface area (Å²) in [6.07, 6.45) is 1.52. The van der Waals surface area contributed by atoms with Crippen molar-refractivity contribution in [1.82, 2.24) is 4.90 Å². The van der Waals surface area contributed by atoms with E-state index in [1.165, 1.54) is 0 Å². The van der Waals surface area contributed by atoms with E-state index < -0.39 is 22.8 Å². The highest BCUT2D eigenvalue weighted by Gasteiger charge is 2.73. The lowest BCUT2D eigenvalue weighted by molar-refractivity contribution is -0.156. The highest BCUT2D eigenvalue weighted by molar-refractivity contribution is 6.30. The molecule has 0 bridgehead atoms. The second kappa shape index (κ2) is 7.23. The van der Waals surface area contributed by atoms with Crippen LogP contribution in [0.3, 0.4) is 0 Å². The van der Waals surface area contributed by atoms with E-state index in [0.717, 1.165) is 24.0 Å². The van der Waals surface area contributed by atoms with Gasteiger partial charge < -0.3 is 10.5 Å². The molecule has 2 aliphatic rings. The summed E-state index contributed by atoms with van der Waals surface area (Å²) >= 11 is 12.6. The van der Waals surface area contributed by atoms with Gasteiger partial charge in [0.05, 0.1) is 5.54 Å². The molecule has 0 unspecified atom stereocenters. The Bertz CT molecular complexity index is 971. The number of ether oxygens (including phenoxy) is 1. The van der Waals surface area contributed by atoms with Gasteiger partial charge in [-0.05, 0) is 62.1 Å². The first-order valence-electron chi connectivity index (χ1n) is 10.4. The lowest BCUT2D eigenvalue weighted by atomic mass is 9.63. The summed E-state index contributed by atoms with van der Waals surface area (Å²) in [4.78, 5) is 15.5. The van der Waals surface area contributed by atoms with Gasteiger partial charge in [-0.15, -0.1) is 0 Å². The van der Waals surface area contributed by atoms with Crippen LogP contribution in [0.25, 0.3) is 0 Å². The number of nitrogens with zero attached hydrogens (tertiary/aromatic N) is 1. The summed E-state index contributed by atoms with van der Waals surface area (Å²) in [6, 6.07) is 14.9. The number of hydrogen-bond donors (Lipinski definition) is 1. The number of benzene rings is 2. The lowest BCUT2D eigenvalue weighted by Gasteiger charge is -2.51. The Hall–Kier alpha value is -1.59. The second-order valence-electron chi connectivity index (χ2n) is 8.83. The van der Waals surface area contributed by atoms with Crippen LogP contribution in [-0.2, 0) is 15.1 Å². The Labute approximate surface area is 188 Å². The zero-order chi connectivity index (χ0) is 21.9. The first-order chi connectivity index (χ1) is 14.1. The lowest BCUT2D eigenvalue weighted by Crippen LogP contribution is -2.65. The van der Waals surface area contributed by atoms with Crippen molar-refractivity contribution in [2.75, 3.05) is 0 Å². The Kier molecular flexibility index (Phi) is 5.22. The number of carbonyl (C=O) groups is 1. The molecule has 2 N–H and O–H groups in total. The van der Waals surface area contributed by atoms with E-state index in [0.29, 0.717) is 10.0 Å². The van der Waals surface area contributed by atoms with Gasteiger partial charge in [-0.3, -0.25) is 4.79 Å². The molecule has 0 amide bonds. The van der Waals surface area contributed by atoms with Gasteiger partial charge in [0, 0.05) is 21.5 Å². The third-order valence-electron chi connectivity index (χ3n) is 7.19. The van der Waals surface area contributed by atoms with Crippen molar-refractivity contribution in [3.63, 3.8) is 0 Å². The minimum atomic E-state index is -0.854. The molecule has 6 heteroatoms. The van der Waals surface area contributed by atoms with E-state index >= 15 is 0 Å². The molecule has 2 aromatic rings. The van der Waals surface area contributed by atoms with Crippen molar-refractivity contribution in [1.29, 1.82) is 0 Å². The van der Waals surface area contributed by atoms with Gasteiger partial charge in [0.1, 0.15) is 6.04 Å². The fourth-order valence-electron chi connectivity index (χ4n) is 6.10. The van der Waals surface area contributed by atoms with Crippen molar-refractivity contribution in [2.24, 2.45) is 5.73 Å². The van der Waals surface area contributed by atoms with Crippen LogP contribution in [0.2, 0.25) is 10.0 Å². The van der Waals surface area contributed by atoms with E-state index in [4.69, 9.17) is 33.7 Å². The third kappa shape index (κ3) is 2.77. The van der Waals surface area contributed by atoms with E-state index in [1.807, 2.05) is 62.4 Å². The molecule has 3 atom stereocenters. The van der Waals surface area contributed by atoms with Crippen LogP contribution in [0.5, 0.6) is 0 Å². The minimum Gasteiger partial charge on any atom is -0.443 e. The summed E-state index contributed by atoms with van der Waals surface area (Å²) in [7, 11) is 0. The summed E-state index contributed by atoms with van der Waals surface area (Å²) in [5, 5.41) is 1.27. The summed E-state index contributed by atoms with van der Waals surface area (Å²) < 4.78 is 5.88. The van der Waals surface area contributed by atoms with Gasteiger partial charge in [-0.2, -0.15) is 0 Å². The Morgan fingerprint density at radius 2 is 1.67 bits per heavy atom. The number of carbonyl (C=O) groups excluding carboxylic acids is 1. The van der Waals surface area contributed by atoms with Crippen LogP contribution in [-0.4, -0.2) is 28.2 Å². The Balaban J connectivity index is 2.06. The Morgan fingerprint density at radius 3 is 2.23 bits per heavy atom. The van der Waals surface area contributed by atoms with E-state index in [1.54, 1.807) is 0 Å². The van der Waals surface area contributed by atoms with E-state index in [-0.39, 0.29) is 11.9 Å². The molecule has 2 heterocycles. The first kappa shape index (κ1) is 21.6. The number of fused-ring (bicyclic) bond motifs is 1. The fraction of sp³-hybridized carbons (Fsp3) is 0.458. The van der Waals surface area contributed by atoms with Crippen LogP contribution in [0.1, 0.15) is 57.6 Å². The number of nitrogens with two attached hydrogens (primary N) is 1. The molecular formula is C24H28Cl2N2O2. The largest absolute Gasteiger partial charge is 0.443 e. The molecule has 0 aliphatic carbocycles. The topological polar surface area (TPSA) is 55.6 Å². The van der Waals surface area contributed by atoms with Crippen molar-refractivity contribution in [3.8, 4) is 0 Å². The zero-order valence-corrected chi connectivity index (χ0v) is 19.3. The van der Waals surface area contributed by atoms with Crippen molar-refractivity contribution < 1.29 is 9.53 Å². The third-order valence-corrected chi connectivity index (χ3v) is 7.67. The van der Waals surface area contributed by atoms with Crippen LogP contribution in [0, 0.1) is 0 Å². The van der Waals surface area contributed by atoms with Gasteiger partial charge in [-0.1, -0.05) is 61.3 Å². The number of cyclic esters (lactones) is 1. The first-order valence-corrected chi connectivity index (χ1v) is 11.2. The smallest absolute Gasteiger partial charge is 0.325 e. The average molecular weight is 447 g/mol. The molecule has 0 spiro atoms. The number of esters is 1. The molecule has 30 heavy (non-hydrogen) atoms. The number of halogens is 2. The summed E-state index contributed by atoms with van der Waals surface area (Å²) in [6.45, 7) is 8.18. The molecule has 0 radical (unpaired) electrons. The molecule has 4 nitrogen and oxygen atoms in total. The Morgan fingerprint density at radius 1 is 1.03 bits per heavy atom. The fourth-order valence-corrected chi connectivity index (χ4v) is 6.42. The molecule has 0 aromatic heterocycles. The highest BCUT2D eigenvalue weighted by atomic mass is 35.5. The molecule has 2 aliphatic heterocycles. The second-order valence-corrected chi connectivity index (χ2v) is 9.70. The predicted molar refractivity (Wildman–Crippen MR) is 121 cm³/mol. The molecular weight excluding hydrogens is 419 g/mol. The zero-order valence-electron chi connectivity index (χ0n) is 17.8. The van der Waals surface area contributed by atoms with Gasteiger partial charge in [-0.25, -0.2) is 4.90 Å². The maximum atomic E-state index is 13.3. The highest BCUT2D eigenvalue weighted by Crippen LogP contribution is 2.62. The van der Waals surface area contributed by atoms with Crippen molar-refractivity contribution >= 4 is 29.2 Å². The van der Waals surface area contributed by atoms with Gasteiger partial charge in [0.15, 0.2) is 5.72 Å². The molecule has 2 aromatic carbocycles. The summed E-state index contributed by atoms with van der Waals surface area (Å²) in [5.41, 5.74) is 7.26. The monoisotopic (exact) mass is 446 g/mol. The van der Waals surface area contributed by atoms with Gasteiger partial charge in [0.2, 0.25) is 0 Å². The maximum Gasteiger partial charge on any atom is 0.325 e. The molecule has 160 valence electrons. The minimum absolute atomic E-state index is 0.238. The standard InChI is InChI=1S/C24H28Cl2N2O2/c1-5-23(6-2)24(27,16-10-12-17(25)13-11-16)19(15-8-7-9-18(26)14-15)20-21(29)30-22(3,4)28(20)23/h7-14,19-20H,5-6,27H2,1-4H3/t19-,20+,24-/m0/s1. The van der Waals surface area contributed by atoms with Gasteiger partial charge >= 0.3 is 5.97 Å². The van der Waals surface area contributed by atoms with Gasteiger partial charge in [0.25, 0.3) is 0 Å². The predicted octanol–water partition coefficient (Wildman–Crippen LogP) is 5.47. The van der Waals surface area contributed by atoms with Crippen LogP contribution in [0.15, 0.2) is 48.5 Å². The molecule has 2 saturated heterocycles. The maximum absolute atomic E-state index is 13.3. The summed E-state index contributed by atoms with van der Waals surface area (Å²) in [5.74, 6) is -0.566. The SMILES string of the molecule is CCC1(CC)N2[C@@H](C(=O)OC2(C)C)[C@H](c2cccc(Cl)c2)[C@@]1(N)c1ccc(Cl)cc1. The molecule has 4 rings (SSSR count). The number of rotatable bonds is 4. The van der Waals surface area contributed by atoms with Crippen LogP contribution < -0.4 is 5.73 Å². The molecule has 2 fully saturated rings. The van der Waals surface area contributed by atoms with E-state index in [9.17, 15) is 4.79 Å². The average Bonchev–Trinajstić information content (AvgIpc) is 3.08.